The van der Waals surface area contributed by atoms with Gasteiger partial charge in [0.1, 0.15) is 17.5 Å². The predicted octanol–water partition coefficient (Wildman–Crippen LogP) is 2.59. The van der Waals surface area contributed by atoms with Crippen LogP contribution in [0.2, 0.25) is 0 Å². The van der Waals surface area contributed by atoms with E-state index in [9.17, 15) is 0 Å². The van der Waals surface area contributed by atoms with Crippen molar-refractivity contribution in [3.8, 4) is 28.7 Å². The predicted molar refractivity (Wildman–Crippen MR) is 110 cm³/mol. The number of rotatable bonds is 4. The molecule has 9 heteroatoms. The van der Waals surface area contributed by atoms with Crippen LogP contribution in [0.3, 0.4) is 0 Å². The highest BCUT2D eigenvalue weighted by Gasteiger charge is 2.38. The van der Waals surface area contributed by atoms with Crippen molar-refractivity contribution in [1.29, 1.82) is 0 Å². The maximum atomic E-state index is 6.14. The first-order chi connectivity index (χ1) is 13.7. The summed E-state index contributed by atoms with van der Waals surface area (Å²) >= 11 is 0. The molecule has 3 aromatic heterocycles. The number of H-pyrrole nitrogens is 1. The molecular formula is C20H26N8O. The molecule has 0 atom stereocenters. The molecule has 1 saturated heterocycles. The zero-order valence-corrected chi connectivity index (χ0v) is 17.1. The summed E-state index contributed by atoms with van der Waals surface area (Å²) in [6.07, 6.45) is 6.80. The average molecular weight is 394 g/mol. The zero-order valence-electron chi connectivity index (χ0n) is 17.1. The summed E-state index contributed by atoms with van der Waals surface area (Å²) in [4.78, 5) is 8.77. The largest absolute Gasteiger partial charge is 0.473 e. The highest BCUT2D eigenvalue weighted by Crippen LogP contribution is 2.31. The van der Waals surface area contributed by atoms with Crippen LogP contribution in [0.1, 0.15) is 40.5 Å². The standard InChI is InChI=1S/C20H26N8O/c1-19(2)7-13(8-20(3,4)28-19)29-16-6-5-15(26-27-16)17-14(21)11-22-18(25-17)12-9-23-24-10-12/h5-6,9-11,13,28H,7-8,21H2,1-4H3,(H,23,24). The van der Waals surface area contributed by atoms with E-state index in [1.807, 2.05) is 12.1 Å². The Balaban J connectivity index is 1.54. The van der Waals surface area contributed by atoms with Crippen LogP contribution in [0.5, 0.6) is 5.88 Å². The Bertz CT molecular complexity index is 966. The van der Waals surface area contributed by atoms with Crippen molar-refractivity contribution in [2.75, 3.05) is 5.73 Å². The van der Waals surface area contributed by atoms with Gasteiger partial charge in [0.25, 0.3) is 0 Å². The van der Waals surface area contributed by atoms with E-state index in [-0.39, 0.29) is 17.2 Å². The first-order valence-corrected chi connectivity index (χ1v) is 9.63. The highest BCUT2D eigenvalue weighted by molar-refractivity contribution is 5.71. The van der Waals surface area contributed by atoms with Crippen LogP contribution < -0.4 is 15.8 Å². The SMILES string of the molecule is CC1(C)CC(Oc2ccc(-c3nc(-c4cn[nH]c4)ncc3N)nn2)CC(C)(C)N1. The van der Waals surface area contributed by atoms with Gasteiger partial charge in [-0.1, -0.05) is 0 Å². The molecular weight excluding hydrogens is 368 g/mol. The van der Waals surface area contributed by atoms with Crippen molar-refractivity contribution in [3.05, 3.63) is 30.7 Å². The summed E-state index contributed by atoms with van der Waals surface area (Å²) in [6.45, 7) is 8.76. The Labute approximate surface area is 169 Å². The molecule has 1 aliphatic rings. The van der Waals surface area contributed by atoms with Crippen molar-refractivity contribution in [3.63, 3.8) is 0 Å². The maximum Gasteiger partial charge on any atom is 0.233 e. The van der Waals surface area contributed by atoms with E-state index < -0.39 is 0 Å². The average Bonchev–Trinajstić information content (AvgIpc) is 3.15. The Morgan fingerprint density at radius 2 is 1.83 bits per heavy atom. The molecule has 9 nitrogen and oxygen atoms in total. The second-order valence-electron chi connectivity index (χ2n) is 8.78. The lowest BCUT2D eigenvalue weighted by Gasteiger charge is -2.46. The lowest BCUT2D eigenvalue weighted by molar-refractivity contribution is 0.0524. The van der Waals surface area contributed by atoms with E-state index in [0.29, 0.717) is 28.8 Å². The van der Waals surface area contributed by atoms with E-state index in [1.54, 1.807) is 18.6 Å². The number of nitrogens with one attached hydrogen (secondary N) is 2. The third-order valence-corrected chi connectivity index (χ3v) is 4.90. The normalized spacial score (nSPS) is 18.5. The number of hydrogen-bond donors (Lipinski definition) is 3. The van der Waals surface area contributed by atoms with Crippen LogP contribution in [0.25, 0.3) is 22.8 Å². The number of anilines is 1. The Hall–Kier alpha value is -3.07. The van der Waals surface area contributed by atoms with Gasteiger partial charge >= 0.3 is 0 Å². The molecule has 0 aliphatic carbocycles. The maximum absolute atomic E-state index is 6.14. The smallest absolute Gasteiger partial charge is 0.233 e. The van der Waals surface area contributed by atoms with Gasteiger partial charge in [0, 0.05) is 36.2 Å². The second-order valence-corrected chi connectivity index (χ2v) is 8.78. The van der Waals surface area contributed by atoms with E-state index in [0.717, 1.165) is 18.4 Å². The summed E-state index contributed by atoms with van der Waals surface area (Å²) in [5.74, 6) is 1.01. The summed E-state index contributed by atoms with van der Waals surface area (Å²) in [7, 11) is 0. The quantitative estimate of drug-likeness (QED) is 0.616. The van der Waals surface area contributed by atoms with Gasteiger partial charge < -0.3 is 15.8 Å². The molecule has 0 saturated carbocycles. The number of nitrogens with zero attached hydrogens (tertiary/aromatic N) is 5. The van der Waals surface area contributed by atoms with Gasteiger partial charge in [-0.15, -0.1) is 10.2 Å². The fourth-order valence-corrected chi connectivity index (χ4v) is 4.10. The summed E-state index contributed by atoms with van der Waals surface area (Å²) < 4.78 is 6.14. The van der Waals surface area contributed by atoms with E-state index in [2.05, 4.69) is 63.4 Å². The zero-order chi connectivity index (χ0) is 20.6. The molecule has 0 bridgehead atoms. The molecule has 0 spiro atoms. The molecule has 152 valence electrons. The van der Waals surface area contributed by atoms with Crippen LogP contribution in [0.4, 0.5) is 5.69 Å². The van der Waals surface area contributed by atoms with Crippen LogP contribution in [-0.4, -0.2) is 47.5 Å². The molecule has 4 heterocycles. The first-order valence-electron chi connectivity index (χ1n) is 9.63. The number of piperidine rings is 1. The lowest BCUT2D eigenvalue weighted by atomic mass is 9.81. The second kappa shape index (κ2) is 7.07. The number of ether oxygens (including phenoxy) is 1. The van der Waals surface area contributed by atoms with Gasteiger partial charge in [-0.25, -0.2) is 9.97 Å². The molecule has 0 amide bonds. The van der Waals surface area contributed by atoms with Gasteiger partial charge in [-0.2, -0.15) is 5.10 Å². The van der Waals surface area contributed by atoms with Crippen molar-refractivity contribution >= 4 is 5.69 Å². The summed E-state index contributed by atoms with van der Waals surface area (Å²) in [6, 6.07) is 3.63. The monoisotopic (exact) mass is 394 g/mol. The van der Waals surface area contributed by atoms with Crippen molar-refractivity contribution in [2.24, 2.45) is 0 Å². The fourth-order valence-electron chi connectivity index (χ4n) is 4.10. The molecule has 0 radical (unpaired) electrons. The van der Waals surface area contributed by atoms with E-state index >= 15 is 0 Å². The number of aromatic nitrogens is 6. The van der Waals surface area contributed by atoms with Crippen LogP contribution in [-0.2, 0) is 0 Å². The summed E-state index contributed by atoms with van der Waals surface area (Å²) in [5, 5.41) is 18.9. The molecule has 1 aliphatic heterocycles. The van der Waals surface area contributed by atoms with Crippen molar-refractivity contribution in [1.82, 2.24) is 35.7 Å². The lowest BCUT2D eigenvalue weighted by Crippen LogP contribution is -2.60. The molecule has 4 N–H and O–H groups in total. The fraction of sp³-hybridized carbons (Fsp3) is 0.450. The number of nitrogen functional groups attached to an aromatic ring is 1. The third kappa shape index (κ3) is 4.34. The van der Waals surface area contributed by atoms with Crippen LogP contribution in [0.15, 0.2) is 30.7 Å². The van der Waals surface area contributed by atoms with Crippen LogP contribution >= 0.6 is 0 Å². The Morgan fingerprint density at radius 1 is 1.07 bits per heavy atom. The molecule has 1 fully saturated rings. The number of nitrogens with two attached hydrogens (primary N) is 1. The molecule has 29 heavy (non-hydrogen) atoms. The van der Waals surface area contributed by atoms with Gasteiger partial charge in [0.15, 0.2) is 5.82 Å². The minimum absolute atomic E-state index is 0.00131. The van der Waals surface area contributed by atoms with E-state index in [1.165, 1.54) is 0 Å². The van der Waals surface area contributed by atoms with E-state index in [4.69, 9.17) is 10.5 Å². The summed E-state index contributed by atoms with van der Waals surface area (Å²) in [5.41, 5.74) is 8.36. The molecule has 0 unspecified atom stereocenters. The van der Waals surface area contributed by atoms with Crippen LogP contribution in [0, 0.1) is 0 Å². The van der Waals surface area contributed by atoms with Crippen molar-refractivity contribution < 1.29 is 4.74 Å². The Morgan fingerprint density at radius 3 is 2.45 bits per heavy atom. The highest BCUT2D eigenvalue weighted by atomic mass is 16.5. The minimum atomic E-state index is -0.00131. The number of hydrogen-bond acceptors (Lipinski definition) is 8. The van der Waals surface area contributed by atoms with Gasteiger partial charge in [-0.05, 0) is 33.8 Å². The molecule has 4 rings (SSSR count). The molecule has 0 aromatic carbocycles. The van der Waals surface area contributed by atoms with Crippen molar-refractivity contribution in [2.45, 2.75) is 57.7 Å². The van der Waals surface area contributed by atoms with Gasteiger partial charge in [0.2, 0.25) is 5.88 Å². The molecule has 3 aromatic rings. The third-order valence-electron chi connectivity index (χ3n) is 4.90. The number of aromatic amines is 1. The first kappa shape index (κ1) is 19.3. The van der Waals surface area contributed by atoms with Gasteiger partial charge in [-0.3, -0.25) is 5.10 Å². The minimum Gasteiger partial charge on any atom is -0.473 e. The topological polar surface area (TPSA) is 128 Å². The Kier molecular flexibility index (Phi) is 4.70. The van der Waals surface area contributed by atoms with Gasteiger partial charge in [0.05, 0.1) is 23.6 Å².